The summed E-state index contributed by atoms with van der Waals surface area (Å²) in [7, 11) is 4.77. The summed E-state index contributed by atoms with van der Waals surface area (Å²) in [6.07, 6.45) is 6.12. The second-order valence-corrected chi connectivity index (χ2v) is 7.77. The van der Waals surface area contributed by atoms with Crippen molar-refractivity contribution in [3.05, 3.63) is 42.6 Å². The summed E-state index contributed by atoms with van der Waals surface area (Å²) in [6.45, 7) is 0. The fraction of sp³-hybridized carbons (Fsp3) is 0.375. The van der Waals surface area contributed by atoms with E-state index in [1.807, 2.05) is 36.5 Å². The first-order valence-electron chi connectivity index (χ1n) is 10.5. The Balaban J connectivity index is 1.56. The molecule has 1 aliphatic rings. The number of ether oxygens (including phenoxy) is 4. The first kappa shape index (κ1) is 21.1. The monoisotopic (exact) mass is 423 g/mol. The number of benzene rings is 2. The van der Waals surface area contributed by atoms with E-state index in [0.29, 0.717) is 29.1 Å². The van der Waals surface area contributed by atoms with Gasteiger partial charge < -0.3 is 30.0 Å². The van der Waals surface area contributed by atoms with Crippen LogP contribution >= 0.6 is 0 Å². The summed E-state index contributed by atoms with van der Waals surface area (Å²) < 4.78 is 22.5. The minimum Gasteiger partial charge on any atom is -0.493 e. The summed E-state index contributed by atoms with van der Waals surface area (Å²) in [6, 6.07) is 12.1. The van der Waals surface area contributed by atoms with Gasteiger partial charge in [-0.3, -0.25) is 0 Å². The molecule has 0 spiro atoms. The smallest absolute Gasteiger partial charge is 0.203 e. The Morgan fingerprint density at radius 2 is 1.58 bits per heavy atom. The molecule has 2 aromatic carbocycles. The van der Waals surface area contributed by atoms with Crippen LogP contribution in [0, 0.1) is 0 Å². The van der Waals surface area contributed by atoms with Crippen molar-refractivity contribution in [3.63, 3.8) is 0 Å². The van der Waals surface area contributed by atoms with Crippen LogP contribution in [0.2, 0.25) is 0 Å². The third-order valence-electron chi connectivity index (χ3n) is 5.65. The van der Waals surface area contributed by atoms with Gasteiger partial charge in [0.2, 0.25) is 5.75 Å². The largest absolute Gasteiger partial charge is 0.493 e. The van der Waals surface area contributed by atoms with Gasteiger partial charge in [-0.2, -0.15) is 0 Å². The lowest BCUT2D eigenvalue weighted by molar-refractivity contribution is 0.147. The van der Waals surface area contributed by atoms with Gasteiger partial charge in [0.25, 0.3) is 0 Å². The number of pyridine rings is 1. The molecule has 0 aliphatic heterocycles. The number of anilines is 2. The Hall–Kier alpha value is -3.19. The summed E-state index contributed by atoms with van der Waals surface area (Å²) >= 11 is 0. The van der Waals surface area contributed by atoms with Crippen molar-refractivity contribution < 1.29 is 18.9 Å². The van der Waals surface area contributed by atoms with E-state index in [-0.39, 0.29) is 6.10 Å². The Morgan fingerprint density at radius 1 is 0.871 bits per heavy atom. The fourth-order valence-electron chi connectivity index (χ4n) is 3.96. The molecule has 1 heterocycles. The van der Waals surface area contributed by atoms with Gasteiger partial charge >= 0.3 is 0 Å². The summed E-state index contributed by atoms with van der Waals surface area (Å²) in [4.78, 5) is 4.53. The molecule has 1 aromatic heterocycles. The van der Waals surface area contributed by atoms with Crippen molar-refractivity contribution in [2.45, 2.75) is 37.8 Å². The topological polar surface area (TPSA) is 87.9 Å². The lowest BCUT2D eigenvalue weighted by Crippen LogP contribution is -2.31. The highest BCUT2D eigenvalue weighted by molar-refractivity contribution is 5.86. The SMILES string of the molecule is COc1cc(Nc2cc3cc(OC4CCC(N)CC4)ccc3cn2)cc(OC)c1OC. The van der Waals surface area contributed by atoms with Crippen LogP contribution in [-0.4, -0.2) is 38.5 Å². The number of nitrogens with two attached hydrogens (primary N) is 1. The number of nitrogens with one attached hydrogen (secondary N) is 1. The normalized spacial score (nSPS) is 18.5. The van der Waals surface area contributed by atoms with E-state index in [0.717, 1.165) is 47.9 Å². The fourth-order valence-corrected chi connectivity index (χ4v) is 3.96. The van der Waals surface area contributed by atoms with Crippen molar-refractivity contribution in [1.29, 1.82) is 0 Å². The number of fused-ring (bicyclic) bond motifs is 1. The van der Waals surface area contributed by atoms with Gasteiger partial charge in [0.1, 0.15) is 11.6 Å². The Labute approximate surface area is 182 Å². The van der Waals surface area contributed by atoms with Crippen LogP contribution in [0.3, 0.4) is 0 Å². The molecular formula is C24H29N3O4. The molecule has 7 nitrogen and oxygen atoms in total. The van der Waals surface area contributed by atoms with Crippen LogP contribution in [-0.2, 0) is 0 Å². The molecule has 3 aromatic rings. The standard InChI is InChI=1S/C24H29N3O4/c1-28-21-12-18(13-22(29-2)24(21)30-3)27-23-11-16-10-20(7-4-15(16)14-26-23)31-19-8-5-17(25)6-9-19/h4,7,10-14,17,19H,5-6,8-9,25H2,1-3H3,(H,26,27). The number of hydrogen-bond donors (Lipinski definition) is 2. The minimum atomic E-state index is 0.232. The van der Waals surface area contributed by atoms with E-state index in [4.69, 9.17) is 24.7 Å². The highest BCUT2D eigenvalue weighted by Crippen LogP contribution is 2.40. The molecule has 7 heteroatoms. The third kappa shape index (κ3) is 4.77. The maximum atomic E-state index is 6.21. The van der Waals surface area contributed by atoms with Gasteiger partial charge in [0, 0.05) is 35.4 Å². The van der Waals surface area contributed by atoms with Crippen molar-refractivity contribution in [3.8, 4) is 23.0 Å². The van der Waals surface area contributed by atoms with Gasteiger partial charge in [0.15, 0.2) is 11.5 Å². The van der Waals surface area contributed by atoms with E-state index < -0.39 is 0 Å². The molecule has 0 unspecified atom stereocenters. The van der Waals surface area contributed by atoms with Gasteiger partial charge in [-0.1, -0.05) is 0 Å². The zero-order valence-electron chi connectivity index (χ0n) is 18.2. The van der Waals surface area contributed by atoms with Crippen LogP contribution in [0.4, 0.5) is 11.5 Å². The first-order chi connectivity index (χ1) is 15.1. The highest BCUT2D eigenvalue weighted by atomic mass is 16.5. The van der Waals surface area contributed by atoms with E-state index in [2.05, 4.69) is 16.4 Å². The summed E-state index contributed by atoms with van der Waals surface area (Å²) in [5.74, 6) is 3.29. The van der Waals surface area contributed by atoms with Crippen LogP contribution in [0.1, 0.15) is 25.7 Å². The molecule has 0 radical (unpaired) electrons. The first-order valence-corrected chi connectivity index (χ1v) is 10.5. The molecule has 164 valence electrons. The number of aromatic nitrogens is 1. The molecule has 0 amide bonds. The Kier molecular flexibility index (Phi) is 6.32. The number of nitrogens with zero attached hydrogens (tertiary/aromatic N) is 1. The molecule has 0 atom stereocenters. The van der Waals surface area contributed by atoms with Gasteiger partial charge in [-0.15, -0.1) is 0 Å². The molecule has 1 saturated carbocycles. The summed E-state index contributed by atoms with van der Waals surface area (Å²) in [5, 5.41) is 5.42. The van der Waals surface area contributed by atoms with Crippen LogP contribution in [0.15, 0.2) is 42.6 Å². The molecule has 31 heavy (non-hydrogen) atoms. The second kappa shape index (κ2) is 9.31. The third-order valence-corrected chi connectivity index (χ3v) is 5.65. The average Bonchev–Trinajstić information content (AvgIpc) is 2.79. The average molecular weight is 424 g/mol. The molecule has 0 bridgehead atoms. The van der Waals surface area contributed by atoms with Gasteiger partial charge in [0.05, 0.1) is 27.4 Å². The quantitative estimate of drug-likeness (QED) is 0.572. The zero-order chi connectivity index (χ0) is 21.8. The van der Waals surface area contributed by atoms with E-state index >= 15 is 0 Å². The zero-order valence-corrected chi connectivity index (χ0v) is 18.2. The van der Waals surface area contributed by atoms with Crippen molar-refractivity contribution in [2.75, 3.05) is 26.6 Å². The lowest BCUT2D eigenvalue weighted by atomic mass is 9.94. The summed E-state index contributed by atoms with van der Waals surface area (Å²) in [5.41, 5.74) is 6.79. The maximum absolute atomic E-state index is 6.21. The predicted octanol–water partition coefficient (Wildman–Crippen LogP) is 4.65. The molecule has 4 rings (SSSR count). The molecule has 1 fully saturated rings. The Morgan fingerprint density at radius 3 is 2.23 bits per heavy atom. The second-order valence-electron chi connectivity index (χ2n) is 7.77. The lowest BCUT2D eigenvalue weighted by Gasteiger charge is -2.26. The van der Waals surface area contributed by atoms with E-state index in [1.54, 1.807) is 21.3 Å². The van der Waals surface area contributed by atoms with E-state index in [1.165, 1.54) is 0 Å². The number of rotatable bonds is 7. The molecule has 0 saturated heterocycles. The highest BCUT2D eigenvalue weighted by Gasteiger charge is 2.20. The van der Waals surface area contributed by atoms with E-state index in [9.17, 15) is 0 Å². The predicted molar refractivity (Wildman–Crippen MR) is 122 cm³/mol. The molecule has 3 N–H and O–H groups in total. The molecule has 1 aliphatic carbocycles. The van der Waals surface area contributed by atoms with Crippen molar-refractivity contribution in [1.82, 2.24) is 4.98 Å². The maximum Gasteiger partial charge on any atom is 0.203 e. The minimum absolute atomic E-state index is 0.232. The van der Waals surface area contributed by atoms with Crippen LogP contribution in [0.5, 0.6) is 23.0 Å². The number of hydrogen-bond acceptors (Lipinski definition) is 7. The molecular weight excluding hydrogens is 394 g/mol. The number of methoxy groups -OCH3 is 3. The van der Waals surface area contributed by atoms with Gasteiger partial charge in [-0.05, 0) is 55.3 Å². The van der Waals surface area contributed by atoms with Crippen LogP contribution in [0.25, 0.3) is 10.8 Å². The van der Waals surface area contributed by atoms with Crippen LogP contribution < -0.4 is 30.0 Å². The van der Waals surface area contributed by atoms with Gasteiger partial charge in [-0.25, -0.2) is 4.98 Å². The van der Waals surface area contributed by atoms with Crippen molar-refractivity contribution in [2.24, 2.45) is 5.73 Å². The Bertz CT molecular complexity index is 1020. The van der Waals surface area contributed by atoms with Crippen molar-refractivity contribution >= 4 is 22.3 Å².